The highest BCUT2D eigenvalue weighted by Gasteiger charge is 2.00. The Hall–Kier alpha value is -0.540. The van der Waals surface area contributed by atoms with Crippen molar-refractivity contribution < 1.29 is 22.0 Å². The van der Waals surface area contributed by atoms with Crippen molar-refractivity contribution in [3.05, 3.63) is 36.5 Å². The fraction of sp³-hybridized carbons (Fsp3) is 0. The molecule has 0 atom stereocenters. The molecule has 62 valence electrons. The highest BCUT2D eigenvalue weighted by molar-refractivity contribution is 7.80. The summed E-state index contributed by atoms with van der Waals surface area (Å²) in [5.74, 6) is 0. The molecule has 0 aliphatic heterocycles. The van der Waals surface area contributed by atoms with Crippen molar-refractivity contribution in [3.8, 4) is 0 Å². The van der Waals surface area contributed by atoms with Crippen molar-refractivity contribution in [2.45, 2.75) is 4.90 Å². The van der Waals surface area contributed by atoms with Crippen LogP contribution in [0.15, 0.2) is 41.4 Å². The molecule has 3 heteroatoms. The minimum atomic E-state index is 0. The number of fused-ring (bicyclic) bond motifs is 1. The van der Waals surface area contributed by atoms with Crippen molar-refractivity contribution in [3.63, 3.8) is 0 Å². The summed E-state index contributed by atoms with van der Waals surface area (Å²) >= 11 is 4.32. The molecule has 1 aromatic heterocycles. The Kier molecular flexibility index (Phi) is 3.12. The molecule has 0 saturated carbocycles. The van der Waals surface area contributed by atoms with E-state index >= 15 is 0 Å². The summed E-state index contributed by atoms with van der Waals surface area (Å²) < 4.78 is 0. The number of nitrogens with one attached hydrogen (secondary N) is 1. The van der Waals surface area contributed by atoms with E-state index < -0.39 is 0 Å². The summed E-state index contributed by atoms with van der Waals surface area (Å²) in [7, 11) is 0. The van der Waals surface area contributed by atoms with Gasteiger partial charge >= 0.3 is 0 Å². The smallest absolute Gasteiger partial charge is 0.224 e. The van der Waals surface area contributed by atoms with E-state index in [4.69, 9.17) is 0 Å². The number of benzene rings is 1. The topological polar surface area (TPSA) is 14.1 Å². The van der Waals surface area contributed by atoms with Crippen LogP contribution in [0.25, 0.3) is 10.9 Å². The van der Waals surface area contributed by atoms with Crippen molar-refractivity contribution in [1.82, 2.24) is 0 Å². The van der Waals surface area contributed by atoms with Gasteiger partial charge in [-0.2, -0.15) is 0 Å². The summed E-state index contributed by atoms with van der Waals surface area (Å²) in [5, 5.41) is 1.19. The lowest BCUT2D eigenvalue weighted by Gasteiger charge is -1.91. The highest BCUT2D eigenvalue weighted by Crippen LogP contribution is 2.15. The van der Waals surface area contributed by atoms with Crippen LogP contribution in [0.5, 0.6) is 0 Å². The number of hydrogen-bond donors (Lipinski definition) is 1. The van der Waals surface area contributed by atoms with Crippen LogP contribution in [0.3, 0.4) is 0 Å². The predicted octanol–water partition coefficient (Wildman–Crippen LogP) is -1.05. The second kappa shape index (κ2) is 3.92. The van der Waals surface area contributed by atoms with Gasteiger partial charge in [0, 0.05) is 11.5 Å². The lowest BCUT2D eigenvalue weighted by Crippen LogP contribution is -3.00. The minimum absolute atomic E-state index is 0. The maximum atomic E-state index is 4.32. The average Bonchev–Trinajstić information content (AvgIpc) is 2.06. The Bertz CT molecular complexity index is 384. The number of para-hydroxylation sites is 1. The Balaban J connectivity index is 0.000000720. The van der Waals surface area contributed by atoms with Gasteiger partial charge in [-0.25, -0.2) is 4.98 Å². The van der Waals surface area contributed by atoms with Crippen molar-refractivity contribution in [2.24, 2.45) is 0 Å². The van der Waals surface area contributed by atoms with E-state index in [2.05, 4.69) is 29.7 Å². The number of pyridine rings is 1. The number of hydrogen-bond acceptors (Lipinski definition) is 1. The molecule has 1 aromatic carbocycles. The largest absolute Gasteiger partial charge is 1.00 e. The molecule has 0 radical (unpaired) electrons. The molecule has 0 unspecified atom stereocenters. The zero-order valence-electron chi connectivity index (χ0n) is 6.29. The second-order valence-electron chi connectivity index (χ2n) is 2.41. The first-order valence-corrected chi connectivity index (χ1v) is 3.91. The molecular weight excluding hydrogens is 234 g/mol. The van der Waals surface area contributed by atoms with Crippen molar-refractivity contribution >= 4 is 23.5 Å². The molecule has 0 saturated heterocycles. The number of aromatic amines is 1. The molecule has 0 bridgehead atoms. The van der Waals surface area contributed by atoms with Crippen molar-refractivity contribution in [2.75, 3.05) is 0 Å². The Morgan fingerprint density at radius 1 is 1.08 bits per heavy atom. The summed E-state index contributed by atoms with van der Waals surface area (Å²) in [6, 6.07) is 10.1. The van der Waals surface area contributed by atoms with Crippen LogP contribution in [0.1, 0.15) is 0 Å². The number of halogens is 1. The third kappa shape index (κ3) is 1.62. The zero-order chi connectivity index (χ0) is 7.68. The lowest BCUT2D eigenvalue weighted by molar-refractivity contribution is -0.346. The fourth-order valence-corrected chi connectivity index (χ4v) is 1.42. The molecule has 0 amide bonds. The fourth-order valence-electron chi connectivity index (χ4n) is 1.14. The van der Waals surface area contributed by atoms with E-state index in [9.17, 15) is 0 Å². The van der Waals surface area contributed by atoms with Gasteiger partial charge in [-0.15, -0.1) is 12.6 Å². The SMILES string of the molecule is Sc1cccc2ccc[nH+]c12.[Br-]. The molecule has 12 heavy (non-hydrogen) atoms. The molecule has 0 spiro atoms. The molecule has 1 nitrogen and oxygen atoms in total. The molecule has 0 fully saturated rings. The van der Waals surface area contributed by atoms with Crippen LogP contribution in [0, 0.1) is 0 Å². The Morgan fingerprint density at radius 3 is 2.58 bits per heavy atom. The third-order valence-electron chi connectivity index (χ3n) is 1.67. The number of H-pyrrole nitrogens is 1. The lowest BCUT2D eigenvalue weighted by atomic mass is 10.2. The van der Waals surface area contributed by atoms with Crippen molar-refractivity contribution in [1.29, 1.82) is 0 Å². The molecule has 0 aliphatic rings. The Morgan fingerprint density at radius 2 is 1.83 bits per heavy atom. The molecule has 2 rings (SSSR count). The van der Waals surface area contributed by atoms with Gasteiger partial charge in [-0.1, -0.05) is 6.07 Å². The molecule has 2 aromatic rings. The van der Waals surface area contributed by atoms with Crippen LogP contribution in [-0.4, -0.2) is 0 Å². The third-order valence-corrected chi connectivity index (χ3v) is 2.05. The van der Waals surface area contributed by atoms with Gasteiger partial charge in [-0.05, 0) is 18.2 Å². The van der Waals surface area contributed by atoms with E-state index in [0.717, 1.165) is 10.4 Å². The average molecular weight is 242 g/mol. The number of aromatic nitrogens is 1. The molecule has 1 heterocycles. The standard InChI is InChI=1S/C9H7NS.BrH/c11-8-5-1-3-7-4-2-6-10-9(7)8;/h1-6,11H;1H. The van der Waals surface area contributed by atoms with Gasteiger partial charge in [0.2, 0.25) is 5.52 Å². The molecule has 0 aliphatic carbocycles. The first kappa shape index (κ1) is 9.55. The first-order chi connectivity index (χ1) is 5.38. The second-order valence-corrected chi connectivity index (χ2v) is 2.89. The van der Waals surface area contributed by atoms with E-state index in [1.165, 1.54) is 5.39 Å². The monoisotopic (exact) mass is 241 g/mol. The van der Waals surface area contributed by atoms with Gasteiger partial charge in [0.25, 0.3) is 0 Å². The van der Waals surface area contributed by atoms with Gasteiger partial charge in [0.15, 0.2) is 6.20 Å². The number of rotatable bonds is 0. The van der Waals surface area contributed by atoms with E-state index in [1.54, 1.807) is 0 Å². The van der Waals surface area contributed by atoms with Gasteiger partial charge in [0.05, 0.1) is 4.90 Å². The van der Waals surface area contributed by atoms with E-state index in [-0.39, 0.29) is 17.0 Å². The van der Waals surface area contributed by atoms with Crippen LogP contribution in [-0.2, 0) is 0 Å². The van der Waals surface area contributed by atoms with E-state index in [0.29, 0.717) is 0 Å². The van der Waals surface area contributed by atoms with Crippen LogP contribution < -0.4 is 22.0 Å². The molecule has 1 N–H and O–H groups in total. The number of thiol groups is 1. The normalized spacial score (nSPS) is 9.42. The summed E-state index contributed by atoms with van der Waals surface area (Å²) in [6.07, 6.45) is 1.90. The molecular formula is C9H8BrNS. The predicted molar refractivity (Wildman–Crippen MR) is 47.8 cm³/mol. The van der Waals surface area contributed by atoms with Crippen LogP contribution in [0.4, 0.5) is 0 Å². The quantitative estimate of drug-likeness (QED) is 0.567. The Labute approximate surface area is 87.0 Å². The van der Waals surface area contributed by atoms with Gasteiger partial charge in [0.1, 0.15) is 0 Å². The van der Waals surface area contributed by atoms with Crippen LogP contribution in [0.2, 0.25) is 0 Å². The highest BCUT2D eigenvalue weighted by atomic mass is 79.9. The van der Waals surface area contributed by atoms with E-state index in [1.807, 2.05) is 24.4 Å². The summed E-state index contributed by atoms with van der Waals surface area (Å²) in [5.41, 5.74) is 1.10. The zero-order valence-corrected chi connectivity index (χ0v) is 8.77. The van der Waals surface area contributed by atoms with Gasteiger partial charge < -0.3 is 17.0 Å². The first-order valence-electron chi connectivity index (χ1n) is 3.46. The maximum absolute atomic E-state index is 4.32. The van der Waals surface area contributed by atoms with Crippen LogP contribution >= 0.6 is 12.6 Å². The maximum Gasteiger partial charge on any atom is 0.224 e. The van der Waals surface area contributed by atoms with Gasteiger partial charge in [-0.3, -0.25) is 0 Å². The summed E-state index contributed by atoms with van der Waals surface area (Å²) in [4.78, 5) is 4.13. The summed E-state index contributed by atoms with van der Waals surface area (Å²) in [6.45, 7) is 0. The minimum Gasteiger partial charge on any atom is -1.00 e.